The van der Waals surface area contributed by atoms with Gasteiger partial charge in [-0.15, -0.1) is 0 Å². The Morgan fingerprint density at radius 2 is 2.00 bits per heavy atom. The Morgan fingerprint density at radius 1 is 1.36 bits per heavy atom. The molecule has 0 radical (unpaired) electrons. The fourth-order valence-electron chi connectivity index (χ4n) is 2.03. The maximum Gasteiger partial charge on any atom is 0.325 e. The van der Waals surface area contributed by atoms with Gasteiger partial charge in [-0.05, 0) is 26.0 Å². The summed E-state index contributed by atoms with van der Waals surface area (Å²) in [4.78, 5) is 22.8. The molecule has 0 aliphatic heterocycles. The molecule has 0 aliphatic rings. The minimum absolute atomic E-state index is 0.0535. The number of hydrogen-bond donors (Lipinski definition) is 3. The van der Waals surface area contributed by atoms with Gasteiger partial charge < -0.3 is 10.4 Å². The van der Waals surface area contributed by atoms with E-state index in [4.69, 9.17) is 16.7 Å². The SMILES string of the molecule is Cc1[nH]nc(-c2ccc(Cl)cc2)c1CC(=O)NC(C)C(=O)O. The van der Waals surface area contributed by atoms with E-state index >= 15 is 0 Å². The maximum atomic E-state index is 12.0. The number of halogens is 1. The fraction of sp³-hybridized carbons (Fsp3) is 0.267. The molecule has 0 spiro atoms. The Bertz CT molecular complexity index is 695. The van der Waals surface area contributed by atoms with Crippen molar-refractivity contribution in [1.82, 2.24) is 15.5 Å². The molecule has 1 amide bonds. The molecule has 1 aromatic carbocycles. The Kier molecular flexibility index (Phi) is 4.82. The molecule has 2 aromatic rings. The van der Waals surface area contributed by atoms with Crippen molar-refractivity contribution in [3.05, 3.63) is 40.5 Å². The Balaban J connectivity index is 2.21. The Labute approximate surface area is 132 Å². The number of hydrogen-bond acceptors (Lipinski definition) is 3. The highest BCUT2D eigenvalue weighted by Gasteiger charge is 2.19. The van der Waals surface area contributed by atoms with E-state index in [-0.39, 0.29) is 12.3 Å². The van der Waals surface area contributed by atoms with Crippen LogP contribution in [0.2, 0.25) is 5.02 Å². The second kappa shape index (κ2) is 6.62. The third-order valence-electron chi connectivity index (χ3n) is 3.28. The van der Waals surface area contributed by atoms with E-state index in [0.717, 1.165) is 16.8 Å². The Morgan fingerprint density at radius 3 is 2.59 bits per heavy atom. The zero-order valence-electron chi connectivity index (χ0n) is 12.2. The number of H-pyrrole nitrogens is 1. The third-order valence-corrected chi connectivity index (χ3v) is 3.53. The summed E-state index contributed by atoms with van der Waals surface area (Å²) in [6, 6.07) is 6.20. The molecule has 7 heteroatoms. The predicted molar refractivity (Wildman–Crippen MR) is 82.7 cm³/mol. The van der Waals surface area contributed by atoms with Crippen molar-refractivity contribution in [2.45, 2.75) is 26.3 Å². The number of carboxylic acids is 1. The largest absolute Gasteiger partial charge is 0.480 e. The van der Waals surface area contributed by atoms with Crippen molar-refractivity contribution < 1.29 is 14.7 Å². The molecule has 0 saturated heterocycles. The number of aromatic amines is 1. The molecule has 0 saturated carbocycles. The van der Waals surface area contributed by atoms with Crippen LogP contribution in [0.15, 0.2) is 24.3 Å². The second-order valence-corrected chi connectivity index (χ2v) is 5.42. The van der Waals surface area contributed by atoms with Crippen LogP contribution in [0.1, 0.15) is 18.2 Å². The lowest BCUT2D eigenvalue weighted by Crippen LogP contribution is -2.39. The number of carbonyl (C=O) groups excluding carboxylic acids is 1. The first kappa shape index (κ1) is 16.0. The van der Waals surface area contributed by atoms with E-state index in [1.165, 1.54) is 6.92 Å². The van der Waals surface area contributed by atoms with Gasteiger partial charge in [-0.3, -0.25) is 14.7 Å². The molecule has 1 atom stereocenters. The molecule has 3 N–H and O–H groups in total. The molecule has 0 aliphatic carbocycles. The summed E-state index contributed by atoms with van der Waals surface area (Å²) in [5.74, 6) is -1.44. The van der Waals surface area contributed by atoms with Gasteiger partial charge in [0.25, 0.3) is 0 Å². The fourth-order valence-corrected chi connectivity index (χ4v) is 2.16. The van der Waals surface area contributed by atoms with E-state index in [1.54, 1.807) is 12.1 Å². The number of carbonyl (C=O) groups is 2. The first-order valence-electron chi connectivity index (χ1n) is 6.70. The number of rotatable bonds is 5. The van der Waals surface area contributed by atoms with Crippen LogP contribution in [0.25, 0.3) is 11.3 Å². The highest BCUT2D eigenvalue weighted by atomic mass is 35.5. The summed E-state index contributed by atoms with van der Waals surface area (Å²) < 4.78 is 0. The van der Waals surface area contributed by atoms with Crippen LogP contribution < -0.4 is 5.32 Å². The minimum atomic E-state index is -1.07. The molecule has 116 valence electrons. The van der Waals surface area contributed by atoms with Crippen molar-refractivity contribution in [3.8, 4) is 11.3 Å². The predicted octanol–water partition coefficient (Wildman–Crippen LogP) is 2.17. The van der Waals surface area contributed by atoms with Crippen molar-refractivity contribution >= 4 is 23.5 Å². The van der Waals surface area contributed by atoms with Crippen LogP contribution in [0.4, 0.5) is 0 Å². The van der Waals surface area contributed by atoms with Crippen LogP contribution in [-0.4, -0.2) is 33.2 Å². The van der Waals surface area contributed by atoms with E-state index < -0.39 is 12.0 Å². The quantitative estimate of drug-likeness (QED) is 0.786. The summed E-state index contributed by atoms with van der Waals surface area (Å²) >= 11 is 5.87. The van der Waals surface area contributed by atoms with Crippen LogP contribution >= 0.6 is 11.6 Å². The molecular formula is C15H16ClN3O3. The molecule has 1 aromatic heterocycles. The van der Waals surface area contributed by atoms with Crippen molar-refractivity contribution in [3.63, 3.8) is 0 Å². The molecule has 0 fully saturated rings. The standard InChI is InChI=1S/C15H16ClN3O3/c1-8-12(7-13(20)17-9(2)15(21)22)14(19-18-8)10-3-5-11(16)6-4-10/h3-6,9H,7H2,1-2H3,(H,17,20)(H,18,19)(H,21,22). The average molecular weight is 322 g/mol. The number of aromatic nitrogens is 2. The van der Waals surface area contributed by atoms with Gasteiger partial charge in [0.05, 0.1) is 12.1 Å². The smallest absolute Gasteiger partial charge is 0.325 e. The zero-order valence-corrected chi connectivity index (χ0v) is 12.9. The van der Waals surface area contributed by atoms with E-state index in [9.17, 15) is 9.59 Å². The summed E-state index contributed by atoms with van der Waals surface area (Å²) in [5, 5.41) is 18.9. The number of carboxylic acid groups (broad SMARTS) is 1. The molecular weight excluding hydrogens is 306 g/mol. The lowest BCUT2D eigenvalue weighted by atomic mass is 10.0. The normalized spacial score (nSPS) is 12.0. The number of benzene rings is 1. The molecule has 1 heterocycles. The number of aliphatic carboxylic acids is 1. The van der Waals surface area contributed by atoms with E-state index in [0.29, 0.717) is 10.7 Å². The minimum Gasteiger partial charge on any atom is -0.480 e. The van der Waals surface area contributed by atoms with Crippen LogP contribution in [-0.2, 0) is 16.0 Å². The Hall–Kier alpha value is -2.34. The lowest BCUT2D eigenvalue weighted by molar-refractivity contribution is -0.141. The number of amides is 1. The number of nitrogens with zero attached hydrogens (tertiary/aromatic N) is 1. The summed E-state index contributed by atoms with van der Waals surface area (Å²) in [6.45, 7) is 3.23. The number of nitrogens with one attached hydrogen (secondary N) is 2. The van der Waals surface area contributed by atoms with Gasteiger partial charge in [-0.2, -0.15) is 5.10 Å². The topological polar surface area (TPSA) is 95.1 Å². The molecule has 0 bridgehead atoms. The second-order valence-electron chi connectivity index (χ2n) is 4.99. The van der Waals surface area contributed by atoms with Crippen LogP contribution in [0.5, 0.6) is 0 Å². The highest BCUT2D eigenvalue weighted by molar-refractivity contribution is 6.30. The molecule has 6 nitrogen and oxygen atoms in total. The first-order chi connectivity index (χ1) is 10.4. The van der Waals surface area contributed by atoms with Gasteiger partial charge in [0, 0.05) is 21.8 Å². The molecule has 2 rings (SSSR count). The van der Waals surface area contributed by atoms with Gasteiger partial charge in [0.2, 0.25) is 5.91 Å². The monoisotopic (exact) mass is 321 g/mol. The zero-order chi connectivity index (χ0) is 16.3. The molecule has 1 unspecified atom stereocenters. The van der Waals surface area contributed by atoms with Gasteiger partial charge in [-0.1, -0.05) is 23.7 Å². The number of aryl methyl sites for hydroxylation is 1. The van der Waals surface area contributed by atoms with Gasteiger partial charge >= 0.3 is 5.97 Å². The third kappa shape index (κ3) is 3.65. The van der Waals surface area contributed by atoms with Crippen LogP contribution in [0, 0.1) is 6.92 Å². The van der Waals surface area contributed by atoms with Crippen molar-refractivity contribution in [2.75, 3.05) is 0 Å². The van der Waals surface area contributed by atoms with Gasteiger partial charge in [0.1, 0.15) is 6.04 Å². The van der Waals surface area contributed by atoms with Gasteiger partial charge in [-0.25, -0.2) is 0 Å². The van der Waals surface area contributed by atoms with Crippen molar-refractivity contribution in [2.24, 2.45) is 0 Å². The lowest BCUT2D eigenvalue weighted by Gasteiger charge is -2.10. The van der Waals surface area contributed by atoms with E-state index in [1.807, 2.05) is 19.1 Å². The first-order valence-corrected chi connectivity index (χ1v) is 7.08. The summed E-state index contributed by atoms with van der Waals surface area (Å²) in [6.07, 6.45) is 0.0535. The van der Waals surface area contributed by atoms with Crippen molar-refractivity contribution in [1.29, 1.82) is 0 Å². The van der Waals surface area contributed by atoms with E-state index in [2.05, 4.69) is 15.5 Å². The van der Waals surface area contributed by atoms with Gasteiger partial charge in [0.15, 0.2) is 0 Å². The average Bonchev–Trinajstić information content (AvgIpc) is 2.81. The summed E-state index contributed by atoms with van der Waals surface area (Å²) in [7, 11) is 0. The molecule has 22 heavy (non-hydrogen) atoms. The summed E-state index contributed by atoms with van der Waals surface area (Å²) in [5.41, 5.74) is 3.00. The highest BCUT2D eigenvalue weighted by Crippen LogP contribution is 2.25. The van der Waals surface area contributed by atoms with Crippen LogP contribution in [0.3, 0.4) is 0 Å². The maximum absolute atomic E-state index is 12.0.